The fourth-order valence-electron chi connectivity index (χ4n) is 3.83. The van der Waals surface area contributed by atoms with E-state index in [-0.39, 0.29) is 0 Å². The number of nitrogens with two attached hydrogens (primary N) is 1. The first kappa shape index (κ1) is 16.1. The molecule has 1 atom stereocenters. The quantitative estimate of drug-likeness (QED) is 0.743. The van der Waals surface area contributed by atoms with Crippen LogP contribution in [-0.2, 0) is 0 Å². The lowest BCUT2D eigenvalue weighted by molar-refractivity contribution is 0.415. The van der Waals surface area contributed by atoms with Crippen LogP contribution in [0.25, 0.3) is 21.7 Å². The van der Waals surface area contributed by atoms with Gasteiger partial charge in [-0.2, -0.15) is 0 Å². The second-order valence-electron chi connectivity index (χ2n) is 6.76. The molecule has 0 aliphatic carbocycles. The number of rotatable bonds is 3. The van der Waals surface area contributed by atoms with Gasteiger partial charge in [0.15, 0.2) is 0 Å². The summed E-state index contributed by atoms with van der Waals surface area (Å²) in [5.41, 5.74) is 6.88. The van der Waals surface area contributed by atoms with Gasteiger partial charge in [-0.15, -0.1) is 0 Å². The summed E-state index contributed by atoms with van der Waals surface area (Å²) < 4.78 is 5.37. The highest BCUT2D eigenvalue weighted by Gasteiger charge is 2.20. The topological polar surface area (TPSA) is 64.3 Å². The largest absolute Gasteiger partial charge is 0.497 e. The Bertz CT molecular complexity index is 895. The molecule has 1 aliphatic rings. The minimum absolute atomic E-state index is 0.624. The molecule has 5 nitrogen and oxygen atoms in total. The van der Waals surface area contributed by atoms with Crippen LogP contribution in [0.2, 0.25) is 0 Å². The van der Waals surface area contributed by atoms with Crippen molar-refractivity contribution in [3.05, 3.63) is 36.7 Å². The summed E-state index contributed by atoms with van der Waals surface area (Å²) in [6.45, 7) is 2.80. The Morgan fingerprint density at radius 3 is 2.92 bits per heavy atom. The van der Waals surface area contributed by atoms with E-state index in [0.717, 1.165) is 60.3 Å². The number of hydrogen-bond donors (Lipinski definition) is 1. The summed E-state index contributed by atoms with van der Waals surface area (Å²) in [4.78, 5) is 11.6. The van der Waals surface area contributed by atoms with Crippen LogP contribution in [0.15, 0.2) is 36.7 Å². The van der Waals surface area contributed by atoms with Crippen LogP contribution in [0, 0.1) is 5.92 Å². The van der Waals surface area contributed by atoms with E-state index in [4.69, 9.17) is 10.5 Å². The molecule has 4 rings (SSSR count). The molecule has 0 bridgehead atoms. The summed E-state index contributed by atoms with van der Waals surface area (Å²) in [7, 11) is 1.70. The molecule has 2 N–H and O–H groups in total. The summed E-state index contributed by atoms with van der Waals surface area (Å²) in [6, 6.07) is 10.4. The Hall–Kier alpha value is -2.40. The van der Waals surface area contributed by atoms with E-state index >= 15 is 0 Å². The molecule has 0 radical (unpaired) electrons. The van der Waals surface area contributed by atoms with Gasteiger partial charge in [-0.1, -0.05) is 6.07 Å². The van der Waals surface area contributed by atoms with Crippen molar-refractivity contribution in [1.82, 2.24) is 9.97 Å². The number of fused-ring (bicyclic) bond motifs is 3. The summed E-state index contributed by atoms with van der Waals surface area (Å²) in [6.07, 6.45) is 5.17. The Labute approximate surface area is 147 Å². The van der Waals surface area contributed by atoms with Crippen LogP contribution in [0.5, 0.6) is 5.75 Å². The van der Waals surface area contributed by atoms with E-state index in [9.17, 15) is 0 Å². The highest BCUT2D eigenvalue weighted by Crippen LogP contribution is 2.33. The van der Waals surface area contributed by atoms with E-state index in [1.807, 2.05) is 6.07 Å². The molecule has 3 aromatic rings. The van der Waals surface area contributed by atoms with E-state index < -0.39 is 0 Å². The molecule has 0 amide bonds. The van der Waals surface area contributed by atoms with Crippen molar-refractivity contribution in [2.24, 2.45) is 11.7 Å². The molecule has 0 saturated carbocycles. The Morgan fingerprint density at radius 1 is 1.16 bits per heavy atom. The first-order chi connectivity index (χ1) is 12.3. The van der Waals surface area contributed by atoms with Crippen molar-refractivity contribution in [2.45, 2.75) is 19.3 Å². The smallest absolute Gasteiger partial charge is 0.140 e. The number of ether oxygens (including phenoxy) is 1. The molecule has 1 saturated heterocycles. The molecular weight excluding hydrogens is 312 g/mol. The molecule has 2 aromatic carbocycles. The van der Waals surface area contributed by atoms with Gasteiger partial charge in [0.1, 0.15) is 17.9 Å². The number of methoxy groups -OCH3 is 1. The molecule has 1 fully saturated rings. The number of benzene rings is 2. The van der Waals surface area contributed by atoms with E-state index in [2.05, 4.69) is 39.1 Å². The minimum atomic E-state index is 0.624. The SMILES string of the molecule is COc1ccc2c(ccc3ncnc(N4CCCC(CN)CC4)c32)c1. The number of nitrogens with zero attached hydrogens (tertiary/aromatic N) is 3. The zero-order valence-electron chi connectivity index (χ0n) is 14.6. The van der Waals surface area contributed by atoms with Crippen LogP contribution < -0.4 is 15.4 Å². The highest BCUT2D eigenvalue weighted by atomic mass is 16.5. The van der Waals surface area contributed by atoms with Crippen LogP contribution in [-0.4, -0.2) is 36.7 Å². The summed E-state index contributed by atoms with van der Waals surface area (Å²) in [5.74, 6) is 2.53. The van der Waals surface area contributed by atoms with Gasteiger partial charge in [0.05, 0.1) is 18.0 Å². The molecule has 2 heterocycles. The normalized spacial score (nSPS) is 18.5. The molecule has 1 aromatic heterocycles. The van der Waals surface area contributed by atoms with Gasteiger partial charge in [0.25, 0.3) is 0 Å². The maximum atomic E-state index is 5.89. The molecule has 1 unspecified atom stereocenters. The Morgan fingerprint density at radius 2 is 2.08 bits per heavy atom. The van der Waals surface area contributed by atoms with E-state index in [1.54, 1.807) is 13.4 Å². The first-order valence-corrected chi connectivity index (χ1v) is 8.96. The zero-order chi connectivity index (χ0) is 17.2. The van der Waals surface area contributed by atoms with Crippen LogP contribution in [0.1, 0.15) is 19.3 Å². The lowest BCUT2D eigenvalue weighted by Gasteiger charge is -2.23. The fourth-order valence-corrected chi connectivity index (χ4v) is 3.83. The van der Waals surface area contributed by atoms with Crippen molar-refractivity contribution < 1.29 is 4.74 Å². The lowest BCUT2D eigenvalue weighted by atomic mass is 10.0. The van der Waals surface area contributed by atoms with Gasteiger partial charge < -0.3 is 15.4 Å². The molecule has 130 valence electrons. The first-order valence-electron chi connectivity index (χ1n) is 8.96. The average molecular weight is 336 g/mol. The maximum Gasteiger partial charge on any atom is 0.140 e. The predicted octanol–water partition coefficient (Wildman–Crippen LogP) is 3.36. The molecule has 5 heteroatoms. The molecular formula is C20H24N4O. The fraction of sp³-hybridized carbons (Fsp3) is 0.400. The molecule has 1 aliphatic heterocycles. The van der Waals surface area contributed by atoms with Crippen molar-refractivity contribution in [1.29, 1.82) is 0 Å². The van der Waals surface area contributed by atoms with Gasteiger partial charge in [-0.25, -0.2) is 9.97 Å². The minimum Gasteiger partial charge on any atom is -0.497 e. The van der Waals surface area contributed by atoms with Crippen LogP contribution >= 0.6 is 0 Å². The van der Waals surface area contributed by atoms with Gasteiger partial charge in [0, 0.05) is 13.1 Å². The van der Waals surface area contributed by atoms with Gasteiger partial charge in [0.2, 0.25) is 0 Å². The highest BCUT2D eigenvalue weighted by molar-refractivity contribution is 6.11. The van der Waals surface area contributed by atoms with Crippen molar-refractivity contribution in [3.63, 3.8) is 0 Å². The molecule has 25 heavy (non-hydrogen) atoms. The second kappa shape index (κ2) is 6.84. The van der Waals surface area contributed by atoms with Crippen molar-refractivity contribution >= 4 is 27.5 Å². The number of anilines is 1. The van der Waals surface area contributed by atoms with Crippen molar-refractivity contribution in [2.75, 3.05) is 31.6 Å². The third-order valence-corrected chi connectivity index (χ3v) is 5.29. The van der Waals surface area contributed by atoms with Crippen LogP contribution in [0.3, 0.4) is 0 Å². The maximum absolute atomic E-state index is 5.89. The zero-order valence-corrected chi connectivity index (χ0v) is 14.6. The van der Waals surface area contributed by atoms with Gasteiger partial charge >= 0.3 is 0 Å². The lowest BCUT2D eigenvalue weighted by Crippen LogP contribution is -2.26. The van der Waals surface area contributed by atoms with Crippen molar-refractivity contribution in [3.8, 4) is 5.75 Å². The predicted molar refractivity (Wildman–Crippen MR) is 102 cm³/mol. The van der Waals surface area contributed by atoms with Gasteiger partial charge in [-0.05, 0) is 66.8 Å². The average Bonchev–Trinajstić information content (AvgIpc) is 2.92. The standard InChI is InChI=1S/C20H24N4O/c1-25-16-5-6-17-15(11-16)4-7-18-19(17)20(23-13-22-18)24-9-2-3-14(12-21)8-10-24/h4-7,11,13-14H,2-3,8-10,12,21H2,1H3. The number of hydrogen-bond acceptors (Lipinski definition) is 5. The monoisotopic (exact) mass is 336 g/mol. The summed E-state index contributed by atoms with van der Waals surface area (Å²) >= 11 is 0. The number of aromatic nitrogens is 2. The third kappa shape index (κ3) is 3.00. The van der Waals surface area contributed by atoms with E-state index in [1.165, 1.54) is 11.8 Å². The van der Waals surface area contributed by atoms with Gasteiger partial charge in [-0.3, -0.25) is 0 Å². The Kier molecular flexibility index (Phi) is 4.40. The third-order valence-electron chi connectivity index (χ3n) is 5.29. The van der Waals surface area contributed by atoms with E-state index in [0.29, 0.717) is 5.92 Å². The summed E-state index contributed by atoms with van der Waals surface area (Å²) in [5, 5.41) is 3.46. The van der Waals surface area contributed by atoms with Crippen LogP contribution in [0.4, 0.5) is 5.82 Å². The second-order valence-corrected chi connectivity index (χ2v) is 6.76. The molecule has 0 spiro atoms. The Balaban J connectivity index is 1.84.